The number of aromatic nitrogens is 4. The van der Waals surface area contributed by atoms with Crippen LogP contribution >= 0.6 is 22.7 Å². The summed E-state index contributed by atoms with van der Waals surface area (Å²) in [6, 6.07) is 44.0. The number of para-hydroxylation sites is 3. The molecule has 11 aromatic rings. The van der Waals surface area contributed by atoms with Gasteiger partial charge in [0, 0.05) is 59.0 Å². The van der Waals surface area contributed by atoms with Crippen molar-refractivity contribution >= 4 is 107 Å². The van der Waals surface area contributed by atoms with Gasteiger partial charge in [-0.25, -0.2) is 9.97 Å². The molecule has 0 N–H and O–H groups in total. The molecular formula is C40H22N4S2. The third kappa shape index (κ3) is 3.07. The lowest BCUT2D eigenvalue weighted by molar-refractivity contribution is 1.18. The zero-order valence-electron chi connectivity index (χ0n) is 24.3. The van der Waals surface area contributed by atoms with E-state index in [4.69, 9.17) is 4.98 Å². The Morgan fingerprint density at radius 1 is 0.478 bits per heavy atom. The van der Waals surface area contributed by atoms with Crippen molar-refractivity contribution in [3.63, 3.8) is 0 Å². The van der Waals surface area contributed by atoms with Crippen molar-refractivity contribution in [2.24, 2.45) is 0 Å². The molecule has 0 aliphatic heterocycles. The average Bonchev–Trinajstić information content (AvgIpc) is 3.86. The fourth-order valence-electron chi connectivity index (χ4n) is 7.67. The van der Waals surface area contributed by atoms with Crippen molar-refractivity contribution in [3.8, 4) is 11.4 Å². The van der Waals surface area contributed by atoms with Gasteiger partial charge in [0.1, 0.15) is 6.33 Å². The Kier molecular flexibility index (Phi) is 4.84. The van der Waals surface area contributed by atoms with Crippen LogP contribution in [0.25, 0.3) is 95.5 Å². The van der Waals surface area contributed by atoms with Gasteiger partial charge in [-0.3, -0.25) is 0 Å². The van der Waals surface area contributed by atoms with Crippen LogP contribution in [-0.2, 0) is 0 Å². The molecule has 0 saturated heterocycles. The summed E-state index contributed by atoms with van der Waals surface area (Å²) in [5.41, 5.74) is 8.16. The highest BCUT2D eigenvalue weighted by molar-refractivity contribution is 7.27. The maximum absolute atomic E-state index is 4.96. The van der Waals surface area contributed by atoms with Crippen molar-refractivity contribution in [1.82, 2.24) is 19.1 Å². The molecular weight excluding hydrogens is 601 g/mol. The van der Waals surface area contributed by atoms with Crippen LogP contribution in [0.4, 0.5) is 0 Å². The van der Waals surface area contributed by atoms with Crippen LogP contribution in [0.5, 0.6) is 0 Å². The van der Waals surface area contributed by atoms with Gasteiger partial charge in [-0.1, -0.05) is 84.9 Å². The maximum Gasteiger partial charge on any atom is 0.116 e. The fraction of sp³-hybridized carbons (Fsp3) is 0. The molecule has 0 bridgehead atoms. The largest absolute Gasteiger partial charge is 0.308 e. The zero-order chi connectivity index (χ0) is 29.9. The minimum absolute atomic E-state index is 1.01. The summed E-state index contributed by atoms with van der Waals surface area (Å²) < 4.78 is 9.93. The number of fused-ring (bicyclic) bond motifs is 15. The van der Waals surface area contributed by atoms with Crippen LogP contribution in [-0.4, -0.2) is 19.1 Å². The molecule has 214 valence electrons. The summed E-state index contributed by atoms with van der Waals surface area (Å²) in [6.45, 7) is 0. The summed E-state index contributed by atoms with van der Waals surface area (Å²) in [5, 5.41) is 8.78. The quantitative estimate of drug-likeness (QED) is 0.192. The van der Waals surface area contributed by atoms with Crippen molar-refractivity contribution < 1.29 is 0 Å². The molecule has 6 aromatic carbocycles. The minimum Gasteiger partial charge on any atom is -0.308 e. The molecule has 6 heteroatoms. The summed E-state index contributed by atoms with van der Waals surface area (Å²) in [4.78, 5) is 9.42. The Hall–Kier alpha value is -5.56. The van der Waals surface area contributed by atoms with Gasteiger partial charge in [-0.05, 0) is 36.4 Å². The van der Waals surface area contributed by atoms with Crippen LogP contribution in [0.2, 0.25) is 0 Å². The van der Waals surface area contributed by atoms with Crippen LogP contribution in [0.1, 0.15) is 0 Å². The number of hydrogen-bond acceptors (Lipinski definition) is 4. The van der Waals surface area contributed by atoms with E-state index in [2.05, 4.69) is 135 Å². The molecule has 0 atom stereocenters. The number of hydrogen-bond donors (Lipinski definition) is 0. The third-order valence-corrected chi connectivity index (χ3v) is 11.8. The Bertz CT molecular complexity index is 3030. The second-order valence-electron chi connectivity index (χ2n) is 11.8. The maximum atomic E-state index is 4.96. The van der Waals surface area contributed by atoms with E-state index in [1.54, 1.807) is 17.7 Å². The smallest absolute Gasteiger partial charge is 0.116 e. The van der Waals surface area contributed by atoms with Crippen molar-refractivity contribution in [2.45, 2.75) is 0 Å². The van der Waals surface area contributed by atoms with E-state index in [-0.39, 0.29) is 0 Å². The zero-order valence-corrected chi connectivity index (χ0v) is 25.9. The van der Waals surface area contributed by atoms with Crippen LogP contribution in [0.3, 0.4) is 0 Å². The average molecular weight is 623 g/mol. The van der Waals surface area contributed by atoms with E-state index in [1.807, 2.05) is 17.5 Å². The summed E-state index contributed by atoms with van der Waals surface area (Å²) in [6.07, 6.45) is 3.66. The normalized spacial score (nSPS) is 12.3. The molecule has 5 heterocycles. The van der Waals surface area contributed by atoms with Crippen LogP contribution < -0.4 is 0 Å². The Morgan fingerprint density at radius 3 is 1.98 bits per heavy atom. The number of benzene rings is 6. The highest BCUT2D eigenvalue weighted by Crippen LogP contribution is 2.51. The molecule has 0 spiro atoms. The lowest BCUT2D eigenvalue weighted by atomic mass is 10.0. The van der Waals surface area contributed by atoms with Gasteiger partial charge in [0.25, 0.3) is 0 Å². The Labute approximate surface area is 270 Å². The molecule has 46 heavy (non-hydrogen) atoms. The first-order valence-electron chi connectivity index (χ1n) is 15.3. The molecule has 0 aliphatic rings. The summed E-state index contributed by atoms with van der Waals surface area (Å²) in [5.74, 6) is 0. The second-order valence-corrected chi connectivity index (χ2v) is 13.9. The SMILES string of the molecule is c1ccc(-n2c3ccccc3c3c4sc5cncnc5c4c4c(c5ccccc5n4-c4cccc5c4sc4ccccc45)c32)cc1. The van der Waals surface area contributed by atoms with Crippen molar-refractivity contribution in [3.05, 3.63) is 134 Å². The minimum atomic E-state index is 1.01. The van der Waals surface area contributed by atoms with Crippen molar-refractivity contribution in [1.29, 1.82) is 0 Å². The number of thiophene rings is 2. The molecule has 0 radical (unpaired) electrons. The molecule has 0 saturated carbocycles. The topological polar surface area (TPSA) is 35.6 Å². The first kappa shape index (κ1) is 24.7. The standard InChI is InChI=1S/C40H22N4S2/c1-2-11-23(12-3-1)43-28-17-7-5-15-27(28)34-37(43)33-26-14-4-8-18-29(26)44(38(33)35-36-32(46-40(34)35)21-41-22-42-36)30-19-10-16-25-24-13-6-9-20-31(24)45-39(25)30/h1-22H. The first-order valence-corrected chi connectivity index (χ1v) is 17.0. The van der Waals surface area contributed by atoms with Gasteiger partial charge in [0.2, 0.25) is 0 Å². The van der Waals surface area contributed by atoms with Gasteiger partial charge in [0.05, 0.1) is 42.7 Å². The van der Waals surface area contributed by atoms with Crippen molar-refractivity contribution in [2.75, 3.05) is 0 Å². The van der Waals surface area contributed by atoms with Gasteiger partial charge in [-0.2, -0.15) is 0 Å². The van der Waals surface area contributed by atoms with E-state index in [0.717, 1.165) is 15.9 Å². The Morgan fingerprint density at radius 2 is 1.13 bits per heavy atom. The molecule has 0 fully saturated rings. The third-order valence-electron chi connectivity index (χ3n) is 9.44. The van der Waals surface area contributed by atoms with E-state index < -0.39 is 0 Å². The van der Waals surface area contributed by atoms with Gasteiger partial charge in [-0.15, -0.1) is 22.7 Å². The highest BCUT2D eigenvalue weighted by atomic mass is 32.1. The molecule has 0 aliphatic carbocycles. The van der Waals surface area contributed by atoms with Crippen LogP contribution in [0.15, 0.2) is 134 Å². The van der Waals surface area contributed by atoms with E-state index in [0.29, 0.717) is 0 Å². The summed E-state index contributed by atoms with van der Waals surface area (Å²) >= 11 is 3.67. The predicted molar refractivity (Wildman–Crippen MR) is 196 cm³/mol. The van der Waals surface area contributed by atoms with Crippen LogP contribution in [0, 0.1) is 0 Å². The lowest BCUT2D eigenvalue weighted by Gasteiger charge is -2.12. The second kappa shape index (κ2) is 9.01. The Balaban J connectivity index is 1.49. The monoisotopic (exact) mass is 622 g/mol. The number of rotatable bonds is 2. The molecule has 4 nitrogen and oxygen atoms in total. The number of nitrogens with zero attached hydrogens (tertiary/aromatic N) is 4. The van der Waals surface area contributed by atoms with Gasteiger partial charge in [0.15, 0.2) is 0 Å². The molecule has 0 unspecified atom stereocenters. The van der Waals surface area contributed by atoms with E-state index in [9.17, 15) is 0 Å². The van der Waals surface area contributed by atoms with E-state index in [1.165, 1.54) is 79.6 Å². The molecule has 0 amide bonds. The predicted octanol–water partition coefficient (Wildman–Crippen LogP) is 11.4. The van der Waals surface area contributed by atoms with Gasteiger partial charge >= 0.3 is 0 Å². The summed E-state index contributed by atoms with van der Waals surface area (Å²) in [7, 11) is 0. The first-order chi connectivity index (χ1) is 22.9. The molecule has 11 rings (SSSR count). The fourth-order valence-corrected chi connectivity index (χ4v) is 10.1. The lowest BCUT2D eigenvalue weighted by Crippen LogP contribution is -1.96. The highest BCUT2D eigenvalue weighted by Gasteiger charge is 2.27. The van der Waals surface area contributed by atoms with Gasteiger partial charge < -0.3 is 9.13 Å². The molecule has 5 aromatic heterocycles. The van der Waals surface area contributed by atoms with E-state index >= 15 is 0 Å².